The monoisotopic (exact) mass is 289 g/mol. The summed E-state index contributed by atoms with van der Waals surface area (Å²) in [4.78, 5) is 16.2. The lowest BCUT2D eigenvalue weighted by atomic mass is 10.1. The third-order valence-corrected chi connectivity index (χ3v) is 4.02. The summed E-state index contributed by atoms with van der Waals surface area (Å²) in [6.07, 6.45) is 9.44. The molecule has 2 N–H and O–H groups in total. The van der Waals surface area contributed by atoms with Crippen LogP contribution in [-0.4, -0.2) is 42.5 Å². The van der Waals surface area contributed by atoms with Crippen LogP contribution in [0.15, 0.2) is 31.1 Å². The average molecular weight is 289 g/mol. The quantitative estimate of drug-likeness (QED) is 0.863. The van der Waals surface area contributed by atoms with Crippen LogP contribution in [0.2, 0.25) is 0 Å². The standard InChI is InChI=1S/C14H19N5O2/c1-2-19-8-10(7-16-19)14(21)17-11-3-4-12(13(11)20)18-6-5-15-9-18/h5-9,11-13,20H,2-4H2,1H3,(H,17,21)/t11-,12-,13-/m1/s1. The van der Waals surface area contributed by atoms with Crippen molar-refractivity contribution < 1.29 is 9.90 Å². The fourth-order valence-corrected chi connectivity index (χ4v) is 2.81. The Bertz CT molecular complexity index is 607. The highest BCUT2D eigenvalue weighted by molar-refractivity contribution is 5.93. The van der Waals surface area contributed by atoms with E-state index in [1.807, 2.05) is 17.7 Å². The van der Waals surface area contributed by atoms with Gasteiger partial charge in [0.15, 0.2) is 0 Å². The van der Waals surface area contributed by atoms with E-state index in [1.54, 1.807) is 29.6 Å². The Morgan fingerprint density at radius 2 is 2.38 bits per heavy atom. The Kier molecular flexibility index (Phi) is 3.74. The number of aliphatic hydroxyl groups excluding tert-OH is 1. The predicted octanol–water partition coefficient (Wildman–Crippen LogP) is 0.594. The zero-order valence-electron chi connectivity index (χ0n) is 11.9. The van der Waals surface area contributed by atoms with Crippen molar-refractivity contribution in [1.82, 2.24) is 24.6 Å². The summed E-state index contributed by atoms with van der Waals surface area (Å²) in [6, 6.07) is -0.272. The van der Waals surface area contributed by atoms with Crippen LogP contribution in [0.5, 0.6) is 0 Å². The molecule has 1 aliphatic rings. The van der Waals surface area contributed by atoms with Gasteiger partial charge in [-0.15, -0.1) is 0 Å². The van der Waals surface area contributed by atoms with Gasteiger partial charge in [0.2, 0.25) is 0 Å². The molecule has 1 aliphatic carbocycles. The molecule has 21 heavy (non-hydrogen) atoms. The van der Waals surface area contributed by atoms with Crippen LogP contribution in [0.1, 0.15) is 36.2 Å². The molecule has 2 aromatic heterocycles. The van der Waals surface area contributed by atoms with E-state index in [9.17, 15) is 9.90 Å². The highest BCUT2D eigenvalue weighted by Gasteiger charge is 2.36. The summed E-state index contributed by atoms with van der Waals surface area (Å²) < 4.78 is 3.60. The molecule has 0 unspecified atom stereocenters. The SMILES string of the molecule is CCn1cc(C(=O)N[C@@H]2CC[C@@H](n3ccnc3)[C@@H]2O)cn1. The Hall–Kier alpha value is -2.15. The second kappa shape index (κ2) is 5.69. The lowest BCUT2D eigenvalue weighted by Gasteiger charge is -2.21. The number of hydrogen-bond acceptors (Lipinski definition) is 4. The molecule has 0 saturated heterocycles. The predicted molar refractivity (Wildman–Crippen MR) is 75.7 cm³/mol. The fraction of sp³-hybridized carbons (Fsp3) is 0.500. The van der Waals surface area contributed by atoms with Gasteiger partial charge >= 0.3 is 0 Å². The van der Waals surface area contributed by atoms with Gasteiger partial charge in [0.25, 0.3) is 5.91 Å². The first-order chi connectivity index (χ1) is 10.2. The first-order valence-corrected chi connectivity index (χ1v) is 7.18. The zero-order valence-corrected chi connectivity index (χ0v) is 11.9. The number of aromatic nitrogens is 4. The molecule has 1 amide bonds. The van der Waals surface area contributed by atoms with E-state index >= 15 is 0 Å². The van der Waals surface area contributed by atoms with E-state index in [2.05, 4.69) is 15.4 Å². The molecule has 3 rings (SSSR count). The van der Waals surface area contributed by atoms with E-state index in [1.165, 1.54) is 0 Å². The van der Waals surface area contributed by atoms with Crippen molar-refractivity contribution in [3.8, 4) is 0 Å². The van der Waals surface area contributed by atoms with Gasteiger partial charge in [-0.05, 0) is 19.8 Å². The number of amides is 1. The average Bonchev–Trinajstić information content (AvgIpc) is 3.20. The number of aliphatic hydroxyl groups is 1. The smallest absolute Gasteiger partial charge is 0.254 e. The maximum absolute atomic E-state index is 12.2. The highest BCUT2D eigenvalue weighted by atomic mass is 16.3. The van der Waals surface area contributed by atoms with Gasteiger partial charge in [-0.25, -0.2) is 4.98 Å². The van der Waals surface area contributed by atoms with Gasteiger partial charge in [0.05, 0.1) is 36.3 Å². The first-order valence-electron chi connectivity index (χ1n) is 7.18. The van der Waals surface area contributed by atoms with Gasteiger partial charge in [-0.2, -0.15) is 5.10 Å². The minimum Gasteiger partial charge on any atom is -0.389 e. The van der Waals surface area contributed by atoms with Crippen LogP contribution >= 0.6 is 0 Å². The molecule has 1 saturated carbocycles. The largest absolute Gasteiger partial charge is 0.389 e. The molecule has 0 radical (unpaired) electrons. The van der Waals surface area contributed by atoms with Crippen molar-refractivity contribution in [2.45, 2.75) is 44.5 Å². The lowest BCUT2D eigenvalue weighted by Crippen LogP contribution is -2.41. The summed E-state index contributed by atoms with van der Waals surface area (Å²) >= 11 is 0. The number of aryl methyl sites for hydroxylation is 1. The lowest BCUT2D eigenvalue weighted by molar-refractivity contribution is 0.0813. The van der Waals surface area contributed by atoms with Gasteiger partial charge in [0, 0.05) is 25.1 Å². The van der Waals surface area contributed by atoms with Gasteiger partial charge in [0.1, 0.15) is 0 Å². The molecule has 0 aliphatic heterocycles. The summed E-state index contributed by atoms with van der Waals surface area (Å²) in [7, 11) is 0. The molecule has 0 spiro atoms. The van der Waals surface area contributed by atoms with Crippen molar-refractivity contribution in [2.24, 2.45) is 0 Å². The van der Waals surface area contributed by atoms with Crippen LogP contribution in [0.25, 0.3) is 0 Å². The molecule has 0 bridgehead atoms. The molecular weight excluding hydrogens is 270 g/mol. The Balaban J connectivity index is 1.64. The molecular formula is C14H19N5O2. The first kappa shape index (κ1) is 13.8. The second-order valence-electron chi connectivity index (χ2n) is 5.31. The fourth-order valence-electron chi connectivity index (χ4n) is 2.81. The number of nitrogens with zero attached hydrogens (tertiary/aromatic N) is 4. The van der Waals surface area contributed by atoms with Crippen LogP contribution < -0.4 is 5.32 Å². The summed E-state index contributed by atoms with van der Waals surface area (Å²) in [5.41, 5.74) is 0.523. The summed E-state index contributed by atoms with van der Waals surface area (Å²) in [5, 5.41) is 17.4. The second-order valence-corrected chi connectivity index (χ2v) is 5.31. The third-order valence-electron chi connectivity index (χ3n) is 4.02. The van der Waals surface area contributed by atoms with Crippen LogP contribution in [0.4, 0.5) is 0 Å². The minimum absolute atomic E-state index is 0.0313. The number of hydrogen-bond donors (Lipinski definition) is 2. The number of rotatable bonds is 4. The maximum atomic E-state index is 12.2. The Labute approximate surface area is 122 Å². The zero-order chi connectivity index (χ0) is 14.8. The van der Waals surface area contributed by atoms with Crippen molar-refractivity contribution in [3.63, 3.8) is 0 Å². The minimum atomic E-state index is -0.607. The Morgan fingerprint density at radius 1 is 1.52 bits per heavy atom. The van der Waals surface area contributed by atoms with E-state index in [4.69, 9.17) is 0 Å². The van der Waals surface area contributed by atoms with Crippen LogP contribution in [-0.2, 0) is 6.54 Å². The van der Waals surface area contributed by atoms with Gasteiger partial charge in [-0.3, -0.25) is 9.48 Å². The summed E-state index contributed by atoms with van der Waals surface area (Å²) in [5.74, 6) is -0.190. The van der Waals surface area contributed by atoms with Crippen molar-refractivity contribution in [1.29, 1.82) is 0 Å². The Morgan fingerprint density at radius 3 is 3.05 bits per heavy atom. The van der Waals surface area contributed by atoms with E-state index in [0.29, 0.717) is 5.56 Å². The molecule has 7 heteroatoms. The summed E-state index contributed by atoms with van der Waals surface area (Å²) in [6.45, 7) is 2.69. The van der Waals surface area contributed by atoms with E-state index in [0.717, 1.165) is 19.4 Å². The van der Waals surface area contributed by atoms with E-state index in [-0.39, 0.29) is 18.0 Å². The normalized spacial score (nSPS) is 25.1. The van der Waals surface area contributed by atoms with Gasteiger partial charge in [-0.1, -0.05) is 0 Å². The van der Waals surface area contributed by atoms with E-state index < -0.39 is 6.10 Å². The maximum Gasteiger partial charge on any atom is 0.254 e. The molecule has 0 aromatic carbocycles. The van der Waals surface area contributed by atoms with Gasteiger partial charge < -0.3 is 15.0 Å². The molecule has 7 nitrogen and oxygen atoms in total. The highest BCUT2D eigenvalue weighted by Crippen LogP contribution is 2.30. The molecule has 2 heterocycles. The van der Waals surface area contributed by atoms with Crippen molar-refractivity contribution in [3.05, 3.63) is 36.7 Å². The molecule has 1 fully saturated rings. The third kappa shape index (κ3) is 2.69. The van der Waals surface area contributed by atoms with Crippen molar-refractivity contribution >= 4 is 5.91 Å². The number of carbonyl (C=O) groups is 1. The van der Waals surface area contributed by atoms with Crippen molar-refractivity contribution in [2.75, 3.05) is 0 Å². The molecule has 3 atom stereocenters. The number of nitrogens with one attached hydrogen (secondary N) is 1. The van der Waals surface area contributed by atoms with Crippen LogP contribution in [0, 0.1) is 0 Å². The topological polar surface area (TPSA) is 85.0 Å². The molecule has 2 aromatic rings. The number of imidazole rings is 1. The number of carbonyl (C=O) groups excluding carboxylic acids is 1. The molecule has 112 valence electrons. The van der Waals surface area contributed by atoms with Crippen LogP contribution in [0.3, 0.4) is 0 Å².